The Hall–Kier alpha value is -2.41. The van der Waals surface area contributed by atoms with Crippen molar-refractivity contribution in [1.82, 2.24) is 15.5 Å². The lowest BCUT2D eigenvalue weighted by Crippen LogP contribution is -2.24. The molecule has 0 spiro atoms. The third-order valence-electron chi connectivity index (χ3n) is 4.70. The number of carbonyl (C=O) groups is 1. The minimum Gasteiger partial charge on any atom is -0.385 e. The Morgan fingerprint density at radius 2 is 2.22 bits per heavy atom. The monoisotopic (exact) mass is 384 g/mol. The van der Waals surface area contributed by atoms with E-state index in [1.54, 1.807) is 6.20 Å². The topological polar surface area (TPSA) is 80.1 Å². The van der Waals surface area contributed by atoms with Crippen molar-refractivity contribution in [3.63, 3.8) is 0 Å². The fourth-order valence-corrected chi connectivity index (χ4v) is 3.66. The summed E-state index contributed by atoms with van der Waals surface area (Å²) < 4.78 is 5.50. The Bertz CT molecular complexity index is 943. The molecular formula is C20H24N4O2S. The molecule has 1 aliphatic rings. The summed E-state index contributed by atoms with van der Waals surface area (Å²) >= 11 is 1.34. The van der Waals surface area contributed by atoms with Crippen molar-refractivity contribution in [2.24, 2.45) is 11.8 Å². The summed E-state index contributed by atoms with van der Waals surface area (Å²) in [7, 11) is 0. The van der Waals surface area contributed by atoms with Gasteiger partial charge in [0.1, 0.15) is 15.6 Å². The second-order valence-electron chi connectivity index (χ2n) is 7.53. The van der Waals surface area contributed by atoms with Gasteiger partial charge in [-0.1, -0.05) is 19.0 Å². The zero-order valence-corrected chi connectivity index (χ0v) is 16.4. The van der Waals surface area contributed by atoms with Gasteiger partial charge in [0.25, 0.3) is 5.91 Å². The molecule has 4 rings (SSSR count). The van der Waals surface area contributed by atoms with Gasteiger partial charge in [-0.15, -0.1) is 11.3 Å². The zero-order chi connectivity index (χ0) is 18.8. The van der Waals surface area contributed by atoms with Crippen molar-refractivity contribution >= 4 is 33.9 Å². The third-order valence-corrected chi connectivity index (χ3v) is 5.71. The van der Waals surface area contributed by atoms with Crippen LogP contribution in [0.2, 0.25) is 0 Å². The molecule has 2 aromatic heterocycles. The molecule has 2 heterocycles. The number of rotatable bonds is 8. The average Bonchev–Trinajstić information content (AvgIpc) is 3.18. The number of nitrogens with one attached hydrogen (secondary N) is 2. The highest BCUT2D eigenvalue weighted by atomic mass is 32.1. The molecule has 6 nitrogen and oxygen atoms in total. The third kappa shape index (κ3) is 4.30. The fourth-order valence-electron chi connectivity index (χ4n) is 2.84. The summed E-state index contributed by atoms with van der Waals surface area (Å²) in [5.74, 6) is 1.29. The van der Waals surface area contributed by atoms with E-state index in [0.717, 1.165) is 35.5 Å². The number of benzene rings is 1. The molecule has 142 valence electrons. The van der Waals surface area contributed by atoms with E-state index in [4.69, 9.17) is 4.52 Å². The van der Waals surface area contributed by atoms with Gasteiger partial charge in [-0.25, -0.2) is 4.98 Å². The minimum absolute atomic E-state index is 0.0845. The first kappa shape index (κ1) is 18.0. The Labute approximate surface area is 162 Å². The van der Waals surface area contributed by atoms with Crippen LogP contribution in [0.15, 0.2) is 28.9 Å². The highest BCUT2D eigenvalue weighted by Gasteiger charge is 2.21. The summed E-state index contributed by atoms with van der Waals surface area (Å²) in [5.41, 5.74) is 2.45. The number of amides is 1. The second kappa shape index (κ2) is 7.68. The number of thiazole rings is 1. The molecule has 3 aromatic rings. The normalized spacial score (nSPS) is 14.0. The van der Waals surface area contributed by atoms with Gasteiger partial charge in [0.05, 0.1) is 11.6 Å². The van der Waals surface area contributed by atoms with E-state index in [1.807, 2.05) is 18.2 Å². The van der Waals surface area contributed by atoms with Gasteiger partial charge in [0.15, 0.2) is 5.58 Å². The number of hydrogen-bond donors (Lipinski definition) is 2. The zero-order valence-electron chi connectivity index (χ0n) is 15.6. The number of nitrogens with zero attached hydrogens (tertiary/aromatic N) is 2. The lowest BCUT2D eigenvalue weighted by Gasteiger charge is -2.05. The van der Waals surface area contributed by atoms with Gasteiger partial charge in [0, 0.05) is 24.8 Å². The molecule has 7 heteroatoms. The number of hydrogen-bond acceptors (Lipinski definition) is 6. The molecule has 1 amide bonds. The van der Waals surface area contributed by atoms with Crippen molar-refractivity contribution in [2.75, 3.05) is 18.4 Å². The van der Waals surface area contributed by atoms with Crippen molar-refractivity contribution in [3.8, 4) is 10.7 Å². The molecule has 0 saturated heterocycles. The first-order valence-electron chi connectivity index (χ1n) is 9.48. The smallest absolute Gasteiger partial charge is 0.263 e. The largest absolute Gasteiger partial charge is 0.385 e. The average molecular weight is 385 g/mol. The maximum atomic E-state index is 12.3. The lowest BCUT2D eigenvalue weighted by atomic mass is 10.1. The second-order valence-corrected chi connectivity index (χ2v) is 8.57. The predicted molar refractivity (Wildman–Crippen MR) is 108 cm³/mol. The first-order chi connectivity index (χ1) is 13.1. The Balaban J connectivity index is 1.47. The number of aromatic nitrogens is 2. The molecule has 0 radical (unpaired) electrons. The molecule has 0 aliphatic heterocycles. The first-order valence-corrected chi connectivity index (χ1v) is 10.3. The van der Waals surface area contributed by atoms with Crippen LogP contribution < -0.4 is 10.6 Å². The molecule has 1 fully saturated rings. The van der Waals surface area contributed by atoms with E-state index in [-0.39, 0.29) is 5.91 Å². The molecule has 0 unspecified atom stereocenters. The van der Waals surface area contributed by atoms with Crippen LogP contribution in [0.1, 0.15) is 42.8 Å². The van der Waals surface area contributed by atoms with Crippen molar-refractivity contribution < 1.29 is 9.32 Å². The molecule has 1 aliphatic carbocycles. The standard InChI is InChI=1S/C20H24N4O2S/c1-12(2)7-8-21-19(25)17-11-23-20(27-17)18-15-6-5-14(9-16(15)26-24-18)22-10-13-3-4-13/h5-6,9,11-13,22H,3-4,7-8,10H2,1-2H3,(H,21,25). The van der Waals surface area contributed by atoms with Crippen molar-refractivity contribution in [3.05, 3.63) is 29.3 Å². The quantitative estimate of drug-likeness (QED) is 0.596. The summed E-state index contributed by atoms with van der Waals surface area (Å²) in [5, 5.41) is 12.2. The van der Waals surface area contributed by atoms with E-state index < -0.39 is 0 Å². The molecule has 1 aromatic carbocycles. The van der Waals surface area contributed by atoms with Crippen molar-refractivity contribution in [2.45, 2.75) is 33.1 Å². The molecule has 2 N–H and O–H groups in total. The maximum Gasteiger partial charge on any atom is 0.263 e. The molecule has 0 atom stereocenters. The van der Waals surface area contributed by atoms with Gasteiger partial charge in [0.2, 0.25) is 0 Å². The van der Waals surface area contributed by atoms with Crippen LogP contribution in [-0.2, 0) is 0 Å². The highest BCUT2D eigenvalue weighted by molar-refractivity contribution is 7.17. The number of carbonyl (C=O) groups excluding carboxylic acids is 1. The van der Waals surface area contributed by atoms with Gasteiger partial charge in [-0.05, 0) is 43.2 Å². The van der Waals surface area contributed by atoms with Crippen LogP contribution in [-0.4, -0.2) is 29.1 Å². The van der Waals surface area contributed by atoms with E-state index in [1.165, 1.54) is 24.2 Å². The van der Waals surface area contributed by atoms with Crippen LogP contribution in [0.3, 0.4) is 0 Å². The summed E-state index contributed by atoms with van der Waals surface area (Å²) in [4.78, 5) is 17.2. The van der Waals surface area contributed by atoms with E-state index >= 15 is 0 Å². The van der Waals surface area contributed by atoms with Gasteiger partial charge in [-0.3, -0.25) is 4.79 Å². The van der Waals surface area contributed by atoms with E-state index in [0.29, 0.717) is 28.0 Å². The fraction of sp³-hybridized carbons (Fsp3) is 0.450. The van der Waals surface area contributed by atoms with E-state index in [9.17, 15) is 4.79 Å². The highest BCUT2D eigenvalue weighted by Crippen LogP contribution is 2.33. The summed E-state index contributed by atoms with van der Waals surface area (Å²) in [6, 6.07) is 6.01. The number of anilines is 1. The van der Waals surface area contributed by atoms with Gasteiger partial charge >= 0.3 is 0 Å². The Morgan fingerprint density at radius 3 is 3.00 bits per heavy atom. The molecule has 27 heavy (non-hydrogen) atoms. The van der Waals surface area contributed by atoms with Gasteiger partial charge in [-0.2, -0.15) is 0 Å². The van der Waals surface area contributed by atoms with Crippen LogP contribution in [0.5, 0.6) is 0 Å². The SMILES string of the molecule is CC(C)CCNC(=O)c1cnc(-c2noc3cc(NCC4CC4)ccc23)s1. The maximum absolute atomic E-state index is 12.3. The van der Waals surface area contributed by atoms with E-state index in [2.05, 4.69) is 34.6 Å². The van der Waals surface area contributed by atoms with Crippen molar-refractivity contribution in [1.29, 1.82) is 0 Å². The Morgan fingerprint density at radius 1 is 1.37 bits per heavy atom. The van der Waals surface area contributed by atoms with Crippen LogP contribution >= 0.6 is 11.3 Å². The van der Waals surface area contributed by atoms with Crippen LogP contribution in [0, 0.1) is 11.8 Å². The number of fused-ring (bicyclic) bond motifs is 1. The molecule has 0 bridgehead atoms. The minimum atomic E-state index is -0.0845. The van der Waals surface area contributed by atoms with Crippen LogP contribution in [0.25, 0.3) is 21.7 Å². The molecule has 1 saturated carbocycles. The lowest BCUT2D eigenvalue weighted by molar-refractivity contribution is 0.0956. The van der Waals surface area contributed by atoms with Gasteiger partial charge < -0.3 is 15.2 Å². The Kier molecular flexibility index (Phi) is 5.11. The molecular weight excluding hydrogens is 360 g/mol. The van der Waals surface area contributed by atoms with Crippen LogP contribution in [0.4, 0.5) is 5.69 Å². The summed E-state index contributed by atoms with van der Waals surface area (Å²) in [6.07, 6.45) is 5.21. The predicted octanol–water partition coefficient (Wildman–Crippen LogP) is 4.55. The summed E-state index contributed by atoms with van der Waals surface area (Å²) in [6.45, 7) is 5.96.